The molecule has 17 heavy (non-hydrogen) atoms. The first-order valence-electron chi connectivity index (χ1n) is 5.26. The topological polar surface area (TPSA) is 87.6 Å². The molecule has 1 unspecified atom stereocenters. The highest BCUT2D eigenvalue weighted by atomic mass is 32.3. The fraction of sp³-hybridized carbons (Fsp3) is 0.636. The van der Waals surface area contributed by atoms with Crippen molar-refractivity contribution in [3.05, 3.63) is 25.3 Å². The van der Waals surface area contributed by atoms with Crippen LogP contribution in [0, 0.1) is 5.92 Å². The van der Waals surface area contributed by atoms with Gasteiger partial charge >= 0.3 is 10.4 Å². The molecule has 0 aliphatic carbocycles. The van der Waals surface area contributed by atoms with Crippen molar-refractivity contribution in [2.75, 3.05) is 6.61 Å². The van der Waals surface area contributed by atoms with Crippen molar-refractivity contribution in [1.29, 1.82) is 0 Å². The van der Waals surface area contributed by atoms with Gasteiger partial charge in [0.15, 0.2) is 0 Å². The summed E-state index contributed by atoms with van der Waals surface area (Å²) in [5, 5.41) is 0. The Morgan fingerprint density at radius 3 is 2.06 bits per heavy atom. The normalized spacial score (nSPS) is 12.9. The number of allylic oxidation sites excluding steroid dienone is 2. The third-order valence-electron chi connectivity index (χ3n) is 2.13. The van der Waals surface area contributed by atoms with Gasteiger partial charge in [0.1, 0.15) is 0 Å². The molecular formula is C11H23NO4S. The lowest BCUT2D eigenvalue weighted by Gasteiger charge is -2.20. The van der Waals surface area contributed by atoms with Crippen molar-refractivity contribution in [3.63, 3.8) is 0 Å². The van der Waals surface area contributed by atoms with E-state index in [1.807, 2.05) is 0 Å². The van der Waals surface area contributed by atoms with Crippen LogP contribution >= 0.6 is 0 Å². The maximum Gasteiger partial charge on any atom is 0.400 e. The van der Waals surface area contributed by atoms with Crippen LogP contribution in [0.4, 0.5) is 0 Å². The molecule has 0 aromatic rings. The van der Waals surface area contributed by atoms with E-state index in [1.54, 1.807) is 26.0 Å². The summed E-state index contributed by atoms with van der Waals surface area (Å²) in [6.45, 7) is 10.6. The van der Waals surface area contributed by atoms with Crippen LogP contribution in [0.2, 0.25) is 0 Å². The van der Waals surface area contributed by atoms with E-state index < -0.39 is 16.5 Å². The highest BCUT2D eigenvalue weighted by Gasteiger charge is 2.22. The molecule has 0 radical (unpaired) electrons. The zero-order valence-corrected chi connectivity index (χ0v) is 11.4. The molecule has 0 bridgehead atoms. The van der Waals surface area contributed by atoms with Gasteiger partial charge in [-0.15, -0.1) is 13.2 Å². The minimum absolute atomic E-state index is 0. The van der Waals surface area contributed by atoms with Crippen LogP contribution in [-0.4, -0.2) is 21.1 Å². The average Bonchev–Trinajstić information content (AvgIpc) is 2.16. The second-order valence-corrected chi connectivity index (χ2v) is 4.67. The van der Waals surface area contributed by atoms with Gasteiger partial charge in [-0.3, -0.25) is 0 Å². The lowest BCUT2D eigenvalue weighted by Crippen LogP contribution is -2.25. The van der Waals surface area contributed by atoms with Gasteiger partial charge in [0, 0.05) is 0 Å². The third kappa shape index (κ3) is 8.09. The fourth-order valence-corrected chi connectivity index (χ4v) is 2.22. The van der Waals surface area contributed by atoms with Gasteiger partial charge in [-0.2, -0.15) is 8.42 Å². The molecule has 1 atom stereocenters. The minimum Gasteiger partial charge on any atom is -0.344 e. The fourth-order valence-electron chi connectivity index (χ4n) is 1.34. The Labute approximate surface area is 104 Å². The molecule has 0 aromatic heterocycles. The molecule has 0 rings (SSSR count). The summed E-state index contributed by atoms with van der Waals surface area (Å²) in [5.74, 6) is 0.0465. The largest absolute Gasteiger partial charge is 0.400 e. The van der Waals surface area contributed by atoms with E-state index in [9.17, 15) is 8.42 Å². The Balaban J connectivity index is 0. The molecular weight excluding hydrogens is 242 g/mol. The molecule has 0 saturated heterocycles. The predicted octanol–water partition coefficient (Wildman–Crippen LogP) is 2.60. The summed E-state index contributed by atoms with van der Waals surface area (Å²) in [6.07, 6.45) is 4.37. The summed E-state index contributed by atoms with van der Waals surface area (Å²) in [4.78, 5) is 0. The van der Waals surface area contributed by atoms with Crippen molar-refractivity contribution >= 4 is 10.4 Å². The second kappa shape index (κ2) is 9.35. The molecule has 0 aliphatic rings. The lowest BCUT2D eigenvalue weighted by molar-refractivity contribution is 0.126. The maximum absolute atomic E-state index is 11.3. The van der Waals surface area contributed by atoms with Crippen molar-refractivity contribution < 1.29 is 16.8 Å². The maximum atomic E-state index is 11.3. The standard InChI is InChI=1S/C11H20O4S.H3N/c1-5-8-11(9-6-2)10(4)15-16(12,13)14-7-3;/h5-6,10-11H,1-2,7-9H2,3-4H3;1H3. The van der Waals surface area contributed by atoms with Crippen LogP contribution in [-0.2, 0) is 18.8 Å². The monoisotopic (exact) mass is 265 g/mol. The smallest absolute Gasteiger partial charge is 0.344 e. The van der Waals surface area contributed by atoms with Crippen LogP contribution in [0.15, 0.2) is 25.3 Å². The Bertz CT molecular complexity index is 303. The van der Waals surface area contributed by atoms with Gasteiger partial charge in [-0.25, -0.2) is 8.37 Å². The van der Waals surface area contributed by atoms with Crippen LogP contribution in [0.1, 0.15) is 26.7 Å². The zero-order chi connectivity index (χ0) is 12.6. The highest BCUT2D eigenvalue weighted by molar-refractivity contribution is 7.81. The summed E-state index contributed by atoms with van der Waals surface area (Å²) < 4.78 is 31.9. The predicted molar refractivity (Wildman–Crippen MR) is 69.2 cm³/mol. The Morgan fingerprint density at radius 1 is 1.24 bits per heavy atom. The molecule has 0 saturated carbocycles. The van der Waals surface area contributed by atoms with Crippen LogP contribution < -0.4 is 6.15 Å². The van der Waals surface area contributed by atoms with Gasteiger partial charge in [-0.1, -0.05) is 12.2 Å². The van der Waals surface area contributed by atoms with Gasteiger partial charge in [0.25, 0.3) is 0 Å². The Hall–Kier alpha value is -0.690. The van der Waals surface area contributed by atoms with E-state index in [2.05, 4.69) is 17.3 Å². The number of rotatable bonds is 9. The molecule has 0 aromatic carbocycles. The zero-order valence-electron chi connectivity index (χ0n) is 10.6. The van der Waals surface area contributed by atoms with Crippen molar-refractivity contribution in [1.82, 2.24) is 6.15 Å². The lowest BCUT2D eigenvalue weighted by atomic mass is 9.96. The van der Waals surface area contributed by atoms with E-state index in [0.29, 0.717) is 12.8 Å². The number of hydrogen-bond donors (Lipinski definition) is 1. The second-order valence-electron chi connectivity index (χ2n) is 3.42. The third-order valence-corrected chi connectivity index (χ3v) is 3.20. The minimum atomic E-state index is -3.88. The quantitative estimate of drug-likeness (QED) is 0.647. The van der Waals surface area contributed by atoms with Crippen molar-refractivity contribution in [2.24, 2.45) is 5.92 Å². The molecule has 0 aliphatic heterocycles. The summed E-state index contributed by atoms with van der Waals surface area (Å²) in [7, 11) is -3.88. The molecule has 0 fully saturated rings. The van der Waals surface area contributed by atoms with E-state index in [-0.39, 0.29) is 18.7 Å². The highest BCUT2D eigenvalue weighted by Crippen LogP contribution is 2.19. The van der Waals surface area contributed by atoms with E-state index >= 15 is 0 Å². The van der Waals surface area contributed by atoms with Crippen LogP contribution in [0.3, 0.4) is 0 Å². The molecule has 102 valence electrons. The SMILES string of the molecule is C=CCC(CC=C)C(C)OS(=O)(=O)OCC.N. The van der Waals surface area contributed by atoms with Gasteiger partial charge < -0.3 is 6.15 Å². The Kier molecular flexibility index (Phi) is 10.3. The first-order chi connectivity index (χ1) is 7.46. The van der Waals surface area contributed by atoms with Crippen LogP contribution in [0.25, 0.3) is 0 Å². The van der Waals surface area contributed by atoms with Crippen molar-refractivity contribution in [2.45, 2.75) is 32.8 Å². The van der Waals surface area contributed by atoms with E-state index in [4.69, 9.17) is 4.18 Å². The first kappa shape index (κ1) is 18.7. The molecule has 6 heteroatoms. The molecule has 3 N–H and O–H groups in total. The molecule has 0 amide bonds. The van der Waals surface area contributed by atoms with Gasteiger partial charge in [-0.05, 0) is 32.6 Å². The average molecular weight is 265 g/mol. The molecule has 0 heterocycles. The summed E-state index contributed by atoms with van der Waals surface area (Å²) >= 11 is 0. The molecule has 5 nitrogen and oxygen atoms in total. The number of hydrogen-bond acceptors (Lipinski definition) is 5. The van der Waals surface area contributed by atoms with E-state index in [0.717, 1.165) is 0 Å². The molecule has 0 spiro atoms. The van der Waals surface area contributed by atoms with Crippen LogP contribution in [0.5, 0.6) is 0 Å². The van der Waals surface area contributed by atoms with Gasteiger partial charge in [0.05, 0.1) is 12.7 Å². The summed E-state index contributed by atoms with van der Waals surface area (Å²) in [6, 6.07) is 0. The van der Waals surface area contributed by atoms with Gasteiger partial charge in [0.2, 0.25) is 0 Å². The summed E-state index contributed by atoms with van der Waals surface area (Å²) in [5.41, 5.74) is 0. The Morgan fingerprint density at radius 2 is 1.71 bits per heavy atom. The van der Waals surface area contributed by atoms with Crippen molar-refractivity contribution in [3.8, 4) is 0 Å². The van der Waals surface area contributed by atoms with E-state index in [1.165, 1.54) is 0 Å². The first-order valence-corrected chi connectivity index (χ1v) is 6.59.